The second-order valence-electron chi connectivity index (χ2n) is 11.0. The van der Waals surface area contributed by atoms with Crippen molar-refractivity contribution in [1.29, 1.82) is 0 Å². The summed E-state index contributed by atoms with van der Waals surface area (Å²) in [7, 11) is 0. The summed E-state index contributed by atoms with van der Waals surface area (Å²) in [5.41, 5.74) is 1.09. The Kier molecular flexibility index (Phi) is 4.67. The van der Waals surface area contributed by atoms with Gasteiger partial charge in [-0.1, -0.05) is 33.1 Å². The van der Waals surface area contributed by atoms with Crippen LogP contribution < -0.4 is 4.74 Å². The number of hydrogen-bond donors (Lipinski definition) is 0. The van der Waals surface area contributed by atoms with Gasteiger partial charge in [0.1, 0.15) is 11.9 Å². The van der Waals surface area contributed by atoms with E-state index in [-0.39, 0.29) is 16.7 Å². The smallest absolute Gasteiger partial charge is 0.269 e. The molecule has 0 heterocycles. The van der Waals surface area contributed by atoms with E-state index in [2.05, 4.69) is 13.8 Å². The normalized spacial score (nSPS) is 43.7. The van der Waals surface area contributed by atoms with Crippen molar-refractivity contribution in [3.63, 3.8) is 0 Å². The molecular weight excluding hydrogens is 362 g/mol. The first kappa shape index (κ1) is 19.4. The van der Waals surface area contributed by atoms with E-state index in [1.807, 2.05) is 0 Å². The van der Waals surface area contributed by atoms with Crippen molar-refractivity contribution in [3.05, 3.63) is 34.4 Å². The summed E-state index contributed by atoms with van der Waals surface area (Å²) < 4.78 is 6.63. The van der Waals surface area contributed by atoms with Crippen LogP contribution in [0.1, 0.15) is 78.1 Å². The fourth-order valence-corrected chi connectivity index (χ4v) is 8.27. The molecule has 0 amide bonds. The fraction of sp³-hybridized carbons (Fsp3) is 0.760. The van der Waals surface area contributed by atoms with Gasteiger partial charge in [-0.3, -0.25) is 10.1 Å². The summed E-state index contributed by atoms with van der Waals surface area (Å²) in [6.07, 6.45) is 13.8. The molecule has 1 aromatic carbocycles. The number of hydrogen-bond acceptors (Lipinski definition) is 3. The van der Waals surface area contributed by atoms with Crippen LogP contribution in [0.15, 0.2) is 24.3 Å². The molecule has 4 fully saturated rings. The third-order valence-electron chi connectivity index (χ3n) is 9.68. The predicted octanol–water partition coefficient (Wildman–Crippen LogP) is 6.78. The monoisotopic (exact) mass is 397 g/mol. The maximum absolute atomic E-state index is 11.0. The highest BCUT2D eigenvalue weighted by atomic mass is 16.6. The Morgan fingerprint density at radius 2 is 1.69 bits per heavy atom. The van der Waals surface area contributed by atoms with E-state index in [0.29, 0.717) is 16.7 Å². The standard InChI is InChI=1S/C25H35NO3/c1-24-13-5-7-20(24)19-16-23(29-18-10-8-17(9-11-18)26(27)28)22-6-3-4-14-25(22,2)21(19)12-15-24/h8-11,19-23H,3-7,12-16H2,1-2H3/t19-,20-,21-,22+,23+,24-,25+/m0/s1. The highest BCUT2D eigenvalue weighted by molar-refractivity contribution is 5.36. The van der Waals surface area contributed by atoms with Crippen molar-refractivity contribution in [2.45, 2.75) is 84.2 Å². The maximum atomic E-state index is 11.0. The van der Waals surface area contributed by atoms with E-state index in [1.165, 1.54) is 64.2 Å². The molecule has 0 bridgehead atoms. The minimum absolute atomic E-state index is 0.137. The summed E-state index contributed by atoms with van der Waals surface area (Å²) in [5, 5.41) is 11.0. The SMILES string of the molecule is C[C@@]12CCC[C@H]1[C@@H]1C[C@@H](Oc3ccc([N+](=O)[O-])cc3)[C@H]3CCCC[C@]3(C)[C@H]1CC2. The van der Waals surface area contributed by atoms with Crippen molar-refractivity contribution in [3.8, 4) is 5.75 Å². The van der Waals surface area contributed by atoms with Crippen LogP contribution in [0.4, 0.5) is 5.69 Å². The molecule has 1 aromatic rings. The van der Waals surface area contributed by atoms with Gasteiger partial charge in [0, 0.05) is 18.1 Å². The molecule has 4 nitrogen and oxygen atoms in total. The molecule has 4 saturated carbocycles. The van der Waals surface area contributed by atoms with Crippen LogP contribution in [0.2, 0.25) is 0 Å². The molecule has 29 heavy (non-hydrogen) atoms. The Labute approximate surface area is 174 Å². The number of nitrogens with zero attached hydrogens (tertiary/aromatic N) is 1. The van der Waals surface area contributed by atoms with Crippen molar-refractivity contribution in [1.82, 2.24) is 0 Å². The lowest BCUT2D eigenvalue weighted by molar-refractivity contribution is -0.384. The highest BCUT2D eigenvalue weighted by Gasteiger charge is 2.60. The average Bonchev–Trinajstić information content (AvgIpc) is 3.10. The number of benzene rings is 1. The molecule has 4 heteroatoms. The van der Waals surface area contributed by atoms with Crippen LogP contribution in [0.25, 0.3) is 0 Å². The summed E-state index contributed by atoms with van der Waals surface area (Å²) >= 11 is 0. The number of rotatable bonds is 3. The minimum Gasteiger partial charge on any atom is -0.490 e. The van der Waals surface area contributed by atoms with Gasteiger partial charge in [0.2, 0.25) is 0 Å². The minimum atomic E-state index is -0.337. The largest absolute Gasteiger partial charge is 0.490 e. The van der Waals surface area contributed by atoms with E-state index in [4.69, 9.17) is 4.74 Å². The van der Waals surface area contributed by atoms with Gasteiger partial charge in [-0.2, -0.15) is 0 Å². The Morgan fingerprint density at radius 1 is 0.931 bits per heavy atom. The summed E-state index contributed by atoms with van der Waals surface area (Å²) in [6.45, 7) is 5.14. The second kappa shape index (κ2) is 6.99. The lowest BCUT2D eigenvalue weighted by Crippen LogP contribution is -2.57. The lowest BCUT2D eigenvalue weighted by Gasteiger charge is -2.61. The summed E-state index contributed by atoms with van der Waals surface area (Å²) in [6, 6.07) is 6.75. The maximum Gasteiger partial charge on any atom is 0.269 e. The number of ether oxygens (including phenoxy) is 1. The van der Waals surface area contributed by atoms with Gasteiger partial charge in [-0.25, -0.2) is 0 Å². The predicted molar refractivity (Wildman–Crippen MR) is 114 cm³/mol. The van der Waals surface area contributed by atoms with Gasteiger partial charge in [0.15, 0.2) is 0 Å². The first-order valence-electron chi connectivity index (χ1n) is 11.8. The number of non-ortho nitro benzene ring substituents is 1. The number of fused-ring (bicyclic) bond motifs is 5. The molecule has 0 spiro atoms. The Bertz CT molecular complexity index is 777. The topological polar surface area (TPSA) is 52.4 Å². The van der Waals surface area contributed by atoms with E-state index < -0.39 is 0 Å². The summed E-state index contributed by atoms with van der Waals surface area (Å²) in [4.78, 5) is 10.7. The molecule has 0 radical (unpaired) electrons. The Balaban J connectivity index is 1.44. The Hall–Kier alpha value is -1.58. The average molecular weight is 398 g/mol. The van der Waals surface area contributed by atoms with Crippen LogP contribution >= 0.6 is 0 Å². The second-order valence-corrected chi connectivity index (χ2v) is 11.0. The number of nitro groups is 1. The first-order valence-corrected chi connectivity index (χ1v) is 11.8. The first-order chi connectivity index (χ1) is 13.9. The molecule has 0 unspecified atom stereocenters. The van der Waals surface area contributed by atoms with Crippen molar-refractivity contribution >= 4 is 5.69 Å². The van der Waals surface area contributed by atoms with Crippen LogP contribution in [-0.4, -0.2) is 11.0 Å². The van der Waals surface area contributed by atoms with Crippen LogP contribution in [-0.2, 0) is 0 Å². The lowest BCUT2D eigenvalue weighted by atomic mass is 9.45. The van der Waals surface area contributed by atoms with Gasteiger partial charge >= 0.3 is 0 Å². The molecule has 7 atom stereocenters. The molecule has 5 rings (SSSR count). The van der Waals surface area contributed by atoms with Gasteiger partial charge in [0.05, 0.1) is 4.92 Å². The molecule has 0 aromatic heterocycles. The summed E-state index contributed by atoms with van der Waals surface area (Å²) in [5.74, 6) is 3.94. The zero-order valence-electron chi connectivity index (χ0n) is 17.9. The van der Waals surface area contributed by atoms with E-state index in [1.54, 1.807) is 24.3 Å². The molecule has 158 valence electrons. The zero-order valence-corrected chi connectivity index (χ0v) is 17.9. The van der Waals surface area contributed by atoms with Crippen LogP contribution in [0.5, 0.6) is 5.75 Å². The molecule has 0 aliphatic heterocycles. The third-order valence-corrected chi connectivity index (χ3v) is 9.68. The fourth-order valence-electron chi connectivity index (χ4n) is 8.27. The van der Waals surface area contributed by atoms with E-state index in [0.717, 1.165) is 23.5 Å². The van der Waals surface area contributed by atoms with Crippen molar-refractivity contribution in [2.24, 2.45) is 34.5 Å². The van der Waals surface area contributed by atoms with Gasteiger partial charge in [-0.15, -0.1) is 0 Å². The molecular formula is C25H35NO3. The Morgan fingerprint density at radius 3 is 2.45 bits per heavy atom. The zero-order chi connectivity index (χ0) is 20.2. The van der Waals surface area contributed by atoms with Gasteiger partial charge in [0.25, 0.3) is 5.69 Å². The van der Waals surface area contributed by atoms with Crippen LogP contribution in [0.3, 0.4) is 0 Å². The van der Waals surface area contributed by atoms with Gasteiger partial charge < -0.3 is 4.74 Å². The molecule has 0 N–H and O–H groups in total. The van der Waals surface area contributed by atoms with E-state index in [9.17, 15) is 10.1 Å². The van der Waals surface area contributed by atoms with Crippen molar-refractivity contribution in [2.75, 3.05) is 0 Å². The quantitative estimate of drug-likeness (QED) is 0.417. The highest BCUT2D eigenvalue weighted by Crippen LogP contribution is 2.66. The van der Waals surface area contributed by atoms with Crippen LogP contribution in [0, 0.1) is 44.6 Å². The molecule has 0 saturated heterocycles. The van der Waals surface area contributed by atoms with E-state index >= 15 is 0 Å². The van der Waals surface area contributed by atoms with Gasteiger partial charge in [-0.05, 0) is 85.7 Å². The molecule has 4 aliphatic carbocycles. The molecule has 4 aliphatic rings. The van der Waals surface area contributed by atoms with Crippen molar-refractivity contribution < 1.29 is 9.66 Å². The number of nitro benzene ring substituents is 1. The third kappa shape index (κ3) is 3.09.